The van der Waals surface area contributed by atoms with E-state index in [0.717, 1.165) is 6.54 Å². The van der Waals surface area contributed by atoms with Gasteiger partial charge in [-0.15, -0.1) is 0 Å². The Morgan fingerprint density at radius 2 is 2.28 bits per heavy atom. The molecule has 0 spiro atoms. The molecule has 2 rings (SSSR count). The molecule has 2 aromatic rings. The van der Waals surface area contributed by atoms with E-state index >= 15 is 0 Å². The van der Waals surface area contributed by atoms with Crippen LogP contribution in [0.5, 0.6) is 0 Å². The van der Waals surface area contributed by atoms with Gasteiger partial charge in [0, 0.05) is 0 Å². The molecular weight excluding hydrogens is 255 g/mol. The molecule has 1 N–H and O–H groups in total. The van der Waals surface area contributed by atoms with Crippen LogP contribution in [0.1, 0.15) is 25.8 Å². The molecule has 0 aliphatic heterocycles. The normalized spacial score (nSPS) is 12.7. The van der Waals surface area contributed by atoms with E-state index in [1.807, 2.05) is 13.8 Å². The van der Waals surface area contributed by atoms with Gasteiger partial charge in [0.05, 0.1) is 22.8 Å². The summed E-state index contributed by atoms with van der Waals surface area (Å²) >= 11 is 5.73. The summed E-state index contributed by atoms with van der Waals surface area (Å²) in [5.74, 6) is 0.430. The summed E-state index contributed by atoms with van der Waals surface area (Å²) in [6.45, 7) is 4.74. The second-order valence-corrected chi connectivity index (χ2v) is 4.35. The number of hydrogen-bond acceptors (Lipinski definition) is 3. The summed E-state index contributed by atoms with van der Waals surface area (Å²) in [4.78, 5) is 4.14. The van der Waals surface area contributed by atoms with E-state index in [9.17, 15) is 4.39 Å². The van der Waals surface area contributed by atoms with Gasteiger partial charge in [0.2, 0.25) is 5.89 Å². The van der Waals surface area contributed by atoms with Gasteiger partial charge >= 0.3 is 0 Å². The zero-order valence-electron chi connectivity index (χ0n) is 10.2. The molecule has 5 heteroatoms. The first-order chi connectivity index (χ1) is 8.63. The molecule has 96 valence electrons. The Hall–Kier alpha value is -1.39. The van der Waals surface area contributed by atoms with Gasteiger partial charge in [-0.05, 0) is 25.6 Å². The molecule has 0 bridgehead atoms. The van der Waals surface area contributed by atoms with Crippen molar-refractivity contribution in [1.82, 2.24) is 10.3 Å². The average Bonchev–Trinajstić information content (AvgIpc) is 2.82. The first-order valence-electron chi connectivity index (χ1n) is 5.77. The fraction of sp³-hybridized carbons (Fsp3) is 0.308. The average molecular weight is 269 g/mol. The minimum Gasteiger partial charge on any atom is -0.439 e. The first-order valence-corrected chi connectivity index (χ1v) is 6.14. The maximum absolute atomic E-state index is 13.8. The molecule has 1 aromatic heterocycles. The lowest BCUT2D eigenvalue weighted by atomic mass is 10.2. The van der Waals surface area contributed by atoms with E-state index in [1.165, 1.54) is 12.3 Å². The van der Waals surface area contributed by atoms with E-state index in [-0.39, 0.29) is 11.1 Å². The fourth-order valence-corrected chi connectivity index (χ4v) is 1.87. The van der Waals surface area contributed by atoms with Crippen molar-refractivity contribution in [2.75, 3.05) is 6.54 Å². The second-order valence-electron chi connectivity index (χ2n) is 3.94. The highest BCUT2D eigenvalue weighted by Crippen LogP contribution is 2.29. The van der Waals surface area contributed by atoms with Crippen LogP contribution in [0, 0.1) is 5.82 Å². The van der Waals surface area contributed by atoms with Gasteiger partial charge in [-0.2, -0.15) is 0 Å². The third-order valence-corrected chi connectivity index (χ3v) is 2.91. The zero-order valence-corrected chi connectivity index (χ0v) is 11.0. The zero-order chi connectivity index (χ0) is 13.1. The van der Waals surface area contributed by atoms with Crippen molar-refractivity contribution in [3.05, 3.63) is 41.1 Å². The van der Waals surface area contributed by atoms with Gasteiger partial charge in [-0.3, -0.25) is 0 Å². The van der Waals surface area contributed by atoms with E-state index in [4.69, 9.17) is 16.0 Å². The van der Waals surface area contributed by atoms with Crippen LogP contribution < -0.4 is 5.32 Å². The summed E-state index contributed by atoms with van der Waals surface area (Å²) in [6.07, 6.45) is 1.51. The van der Waals surface area contributed by atoms with Crippen LogP contribution in [0.15, 0.2) is 28.8 Å². The highest BCUT2D eigenvalue weighted by molar-refractivity contribution is 6.31. The van der Waals surface area contributed by atoms with E-state index in [0.29, 0.717) is 17.2 Å². The molecule has 0 aliphatic carbocycles. The van der Waals surface area contributed by atoms with Crippen LogP contribution in [0.25, 0.3) is 11.3 Å². The molecule has 0 amide bonds. The van der Waals surface area contributed by atoms with E-state index in [2.05, 4.69) is 10.3 Å². The number of nitrogens with zero attached hydrogens (tertiary/aromatic N) is 1. The van der Waals surface area contributed by atoms with Gasteiger partial charge in [0.25, 0.3) is 0 Å². The fourth-order valence-electron chi connectivity index (χ4n) is 1.70. The van der Waals surface area contributed by atoms with E-state index < -0.39 is 5.82 Å². The van der Waals surface area contributed by atoms with Crippen molar-refractivity contribution >= 4 is 11.6 Å². The number of oxazole rings is 1. The Labute approximate surface area is 110 Å². The molecule has 1 aromatic carbocycles. The highest BCUT2D eigenvalue weighted by Gasteiger charge is 2.15. The highest BCUT2D eigenvalue weighted by atomic mass is 35.5. The second kappa shape index (κ2) is 5.50. The van der Waals surface area contributed by atoms with Crippen molar-refractivity contribution in [2.45, 2.75) is 19.9 Å². The third-order valence-electron chi connectivity index (χ3n) is 2.62. The lowest BCUT2D eigenvalue weighted by Crippen LogP contribution is -2.17. The maximum Gasteiger partial charge on any atom is 0.211 e. The predicted molar refractivity (Wildman–Crippen MR) is 69.0 cm³/mol. The molecule has 0 radical (unpaired) electrons. The van der Waals surface area contributed by atoms with Crippen molar-refractivity contribution in [1.29, 1.82) is 0 Å². The number of rotatable bonds is 4. The van der Waals surface area contributed by atoms with Crippen LogP contribution in [-0.2, 0) is 0 Å². The van der Waals surface area contributed by atoms with Crippen molar-refractivity contribution in [3.8, 4) is 11.3 Å². The Balaban J connectivity index is 2.32. The monoisotopic (exact) mass is 268 g/mol. The van der Waals surface area contributed by atoms with Crippen LogP contribution in [-0.4, -0.2) is 11.5 Å². The quantitative estimate of drug-likeness (QED) is 0.916. The topological polar surface area (TPSA) is 38.1 Å². The van der Waals surface area contributed by atoms with Gasteiger partial charge in [0.1, 0.15) is 0 Å². The molecule has 3 nitrogen and oxygen atoms in total. The van der Waals surface area contributed by atoms with Gasteiger partial charge < -0.3 is 9.73 Å². The molecule has 1 atom stereocenters. The molecule has 0 saturated carbocycles. The largest absolute Gasteiger partial charge is 0.439 e. The van der Waals surface area contributed by atoms with Crippen LogP contribution in [0.3, 0.4) is 0 Å². The summed E-state index contributed by atoms with van der Waals surface area (Å²) in [6, 6.07) is 4.78. The number of benzene rings is 1. The first kappa shape index (κ1) is 13.1. The van der Waals surface area contributed by atoms with Crippen molar-refractivity contribution in [2.24, 2.45) is 0 Å². The van der Waals surface area contributed by atoms with Crippen molar-refractivity contribution < 1.29 is 8.81 Å². The van der Waals surface area contributed by atoms with Crippen LogP contribution >= 0.6 is 11.6 Å². The number of hydrogen-bond donors (Lipinski definition) is 1. The summed E-state index contributed by atoms with van der Waals surface area (Å²) in [7, 11) is 0. The summed E-state index contributed by atoms with van der Waals surface area (Å²) < 4.78 is 19.4. The number of halogens is 2. The molecular formula is C13H14ClFN2O. The van der Waals surface area contributed by atoms with E-state index in [1.54, 1.807) is 12.1 Å². The Morgan fingerprint density at radius 1 is 1.50 bits per heavy atom. The number of nitrogens with one attached hydrogen (secondary N) is 1. The third kappa shape index (κ3) is 2.54. The Kier molecular flexibility index (Phi) is 3.99. The maximum atomic E-state index is 13.8. The molecule has 0 aliphatic rings. The lowest BCUT2D eigenvalue weighted by molar-refractivity contribution is 0.427. The minimum atomic E-state index is -0.488. The van der Waals surface area contributed by atoms with Crippen molar-refractivity contribution in [3.63, 3.8) is 0 Å². The molecule has 1 heterocycles. The molecule has 0 saturated heterocycles. The summed E-state index contributed by atoms with van der Waals surface area (Å²) in [5.41, 5.74) is 0.324. The van der Waals surface area contributed by atoms with Gasteiger partial charge in [-0.25, -0.2) is 9.37 Å². The van der Waals surface area contributed by atoms with Gasteiger partial charge in [-0.1, -0.05) is 24.6 Å². The standard InChI is InChI=1S/C13H14ClFN2O/c1-3-16-8(2)13-17-7-11(18-13)9-5-4-6-10(14)12(9)15/h4-8,16H,3H2,1-2H3. The summed E-state index contributed by atoms with van der Waals surface area (Å²) in [5, 5.41) is 3.25. The molecule has 0 fully saturated rings. The SMILES string of the molecule is CCNC(C)c1ncc(-c2cccc(Cl)c2F)o1. The Bertz CT molecular complexity index is 542. The smallest absolute Gasteiger partial charge is 0.211 e. The predicted octanol–water partition coefficient (Wildman–Crippen LogP) is 3.80. The van der Waals surface area contributed by atoms with Crippen LogP contribution in [0.2, 0.25) is 5.02 Å². The van der Waals surface area contributed by atoms with Crippen LogP contribution in [0.4, 0.5) is 4.39 Å². The minimum absolute atomic E-state index is 0.00834. The Morgan fingerprint density at radius 3 is 3.00 bits per heavy atom. The molecule has 1 unspecified atom stereocenters. The lowest BCUT2D eigenvalue weighted by Gasteiger charge is -2.07. The molecule has 18 heavy (non-hydrogen) atoms. The number of aromatic nitrogens is 1. The van der Waals surface area contributed by atoms with Gasteiger partial charge in [0.15, 0.2) is 11.6 Å².